The van der Waals surface area contributed by atoms with Crippen LogP contribution in [0, 0.1) is 0 Å². The van der Waals surface area contributed by atoms with Crippen LogP contribution in [0.2, 0.25) is 0 Å². The van der Waals surface area contributed by atoms with Gasteiger partial charge in [-0.1, -0.05) is 54.6 Å². The van der Waals surface area contributed by atoms with E-state index in [1.54, 1.807) is 13.1 Å². The molecule has 118 valence electrons. The first kappa shape index (κ1) is 15.5. The van der Waals surface area contributed by atoms with Crippen LogP contribution in [-0.2, 0) is 13.0 Å². The van der Waals surface area contributed by atoms with E-state index >= 15 is 0 Å². The van der Waals surface area contributed by atoms with Crippen LogP contribution < -0.4 is 0 Å². The summed E-state index contributed by atoms with van der Waals surface area (Å²) in [5, 5.41) is 9.67. The summed E-state index contributed by atoms with van der Waals surface area (Å²) in [4.78, 5) is 4.20. The Morgan fingerprint density at radius 1 is 1.00 bits per heavy atom. The summed E-state index contributed by atoms with van der Waals surface area (Å²) >= 11 is 0. The molecular formula is C20H22N2O. The minimum absolute atomic E-state index is 0.518. The zero-order valence-corrected chi connectivity index (χ0v) is 13.4. The molecule has 3 aromatic rings. The van der Waals surface area contributed by atoms with E-state index in [1.807, 2.05) is 16.8 Å². The number of hydrogen-bond acceptors (Lipinski definition) is 2. The monoisotopic (exact) mass is 306 g/mol. The highest BCUT2D eigenvalue weighted by atomic mass is 16.3. The molecule has 0 aliphatic heterocycles. The van der Waals surface area contributed by atoms with Crippen molar-refractivity contribution in [1.82, 2.24) is 9.55 Å². The largest absolute Gasteiger partial charge is 0.385 e. The zero-order valence-electron chi connectivity index (χ0n) is 13.4. The molecule has 0 saturated carbocycles. The number of imidazole rings is 1. The molecule has 0 aliphatic carbocycles. The Kier molecular flexibility index (Phi) is 4.89. The van der Waals surface area contributed by atoms with Crippen LogP contribution in [0.25, 0.3) is 11.1 Å². The Balaban J connectivity index is 1.58. The zero-order chi connectivity index (χ0) is 16.1. The van der Waals surface area contributed by atoms with Gasteiger partial charge in [0.2, 0.25) is 0 Å². The van der Waals surface area contributed by atoms with Crippen molar-refractivity contribution in [3.8, 4) is 11.1 Å². The number of aromatic nitrogens is 2. The first-order valence-corrected chi connectivity index (χ1v) is 8.07. The highest BCUT2D eigenvalue weighted by Crippen LogP contribution is 2.20. The third-order valence-electron chi connectivity index (χ3n) is 4.05. The number of nitrogens with zero attached hydrogens (tertiary/aromatic N) is 2. The summed E-state index contributed by atoms with van der Waals surface area (Å²) in [6.07, 6.45) is 5.21. The maximum Gasteiger partial charge on any atom is 0.137 e. The lowest BCUT2D eigenvalue weighted by molar-refractivity contribution is 0.183. The highest BCUT2D eigenvalue weighted by Gasteiger charge is 2.08. The molecule has 0 radical (unpaired) electrons. The first-order valence-electron chi connectivity index (χ1n) is 8.07. The highest BCUT2D eigenvalue weighted by molar-refractivity contribution is 5.63. The normalized spacial score (nSPS) is 12.3. The van der Waals surface area contributed by atoms with E-state index in [2.05, 4.69) is 53.5 Å². The molecule has 0 spiro atoms. The minimum atomic E-state index is -0.518. The van der Waals surface area contributed by atoms with Crippen LogP contribution in [0.15, 0.2) is 67.0 Å². The smallest absolute Gasteiger partial charge is 0.137 e. The van der Waals surface area contributed by atoms with Gasteiger partial charge in [0.05, 0.1) is 0 Å². The summed E-state index contributed by atoms with van der Waals surface area (Å²) in [7, 11) is 0. The summed E-state index contributed by atoms with van der Waals surface area (Å²) < 4.78 is 2.03. The maximum atomic E-state index is 9.67. The van der Waals surface area contributed by atoms with Gasteiger partial charge in [-0.3, -0.25) is 0 Å². The SMILES string of the molecule is CC(O)c1nccn1CCCc1ccc(-c2ccccc2)cc1. The van der Waals surface area contributed by atoms with E-state index in [9.17, 15) is 5.11 Å². The molecule has 3 nitrogen and oxygen atoms in total. The molecule has 1 unspecified atom stereocenters. The fourth-order valence-corrected chi connectivity index (χ4v) is 2.83. The molecule has 1 aromatic heterocycles. The van der Waals surface area contributed by atoms with Crippen molar-refractivity contribution in [2.45, 2.75) is 32.4 Å². The van der Waals surface area contributed by atoms with Crippen LogP contribution >= 0.6 is 0 Å². The number of aryl methyl sites for hydroxylation is 2. The van der Waals surface area contributed by atoms with Crippen LogP contribution in [0.1, 0.15) is 30.8 Å². The van der Waals surface area contributed by atoms with E-state index in [0.29, 0.717) is 0 Å². The Hall–Kier alpha value is -2.39. The van der Waals surface area contributed by atoms with Crippen molar-refractivity contribution >= 4 is 0 Å². The van der Waals surface area contributed by atoms with Crippen LogP contribution in [0.4, 0.5) is 0 Å². The lowest BCUT2D eigenvalue weighted by Crippen LogP contribution is -2.07. The van der Waals surface area contributed by atoms with E-state index in [-0.39, 0.29) is 0 Å². The van der Waals surface area contributed by atoms with Crippen LogP contribution in [-0.4, -0.2) is 14.7 Å². The molecular weight excluding hydrogens is 284 g/mol. The molecule has 0 fully saturated rings. The maximum absolute atomic E-state index is 9.67. The van der Waals surface area contributed by atoms with Crippen molar-refractivity contribution in [1.29, 1.82) is 0 Å². The van der Waals surface area contributed by atoms with E-state index in [1.165, 1.54) is 16.7 Å². The molecule has 3 rings (SSSR count). The summed E-state index contributed by atoms with van der Waals surface area (Å²) in [6.45, 7) is 2.63. The Labute approximate surface area is 137 Å². The van der Waals surface area contributed by atoms with Crippen molar-refractivity contribution in [3.05, 3.63) is 78.4 Å². The van der Waals surface area contributed by atoms with Gasteiger partial charge in [-0.25, -0.2) is 4.98 Å². The molecule has 1 atom stereocenters. The lowest BCUT2D eigenvalue weighted by atomic mass is 10.0. The van der Waals surface area contributed by atoms with Crippen molar-refractivity contribution in [3.63, 3.8) is 0 Å². The lowest BCUT2D eigenvalue weighted by Gasteiger charge is -2.10. The number of aliphatic hydroxyl groups is 1. The molecule has 0 bridgehead atoms. The number of benzene rings is 2. The van der Waals surface area contributed by atoms with Gasteiger partial charge in [-0.05, 0) is 36.5 Å². The molecule has 23 heavy (non-hydrogen) atoms. The van der Waals surface area contributed by atoms with Crippen molar-refractivity contribution < 1.29 is 5.11 Å². The van der Waals surface area contributed by atoms with Gasteiger partial charge < -0.3 is 9.67 Å². The predicted octanol–water partition coefficient (Wildman–Crippen LogP) is 4.24. The van der Waals surface area contributed by atoms with Gasteiger partial charge in [0.15, 0.2) is 0 Å². The average Bonchev–Trinajstić information content (AvgIpc) is 3.05. The topological polar surface area (TPSA) is 38.1 Å². The van der Waals surface area contributed by atoms with Gasteiger partial charge in [0.1, 0.15) is 11.9 Å². The van der Waals surface area contributed by atoms with E-state index in [4.69, 9.17) is 0 Å². The second-order valence-corrected chi connectivity index (χ2v) is 5.82. The molecule has 3 heteroatoms. The van der Waals surface area contributed by atoms with Gasteiger partial charge in [0, 0.05) is 18.9 Å². The number of hydrogen-bond donors (Lipinski definition) is 1. The first-order chi connectivity index (χ1) is 11.2. The van der Waals surface area contributed by atoms with E-state index in [0.717, 1.165) is 25.2 Å². The molecule has 2 aromatic carbocycles. The minimum Gasteiger partial charge on any atom is -0.385 e. The quantitative estimate of drug-likeness (QED) is 0.740. The van der Waals surface area contributed by atoms with E-state index < -0.39 is 6.10 Å². The van der Waals surface area contributed by atoms with Crippen LogP contribution in [0.3, 0.4) is 0 Å². The fraction of sp³-hybridized carbons (Fsp3) is 0.250. The number of rotatable bonds is 6. The Morgan fingerprint density at radius 3 is 2.39 bits per heavy atom. The van der Waals surface area contributed by atoms with Gasteiger partial charge >= 0.3 is 0 Å². The van der Waals surface area contributed by atoms with Gasteiger partial charge in [0.25, 0.3) is 0 Å². The number of aliphatic hydroxyl groups excluding tert-OH is 1. The second-order valence-electron chi connectivity index (χ2n) is 5.82. The second kappa shape index (κ2) is 7.25. The standard InChI is InChI=1S/C20H22N2O/c1-16(23)20-21-13-15-22(20)14-5-6-17-9-11-19(12-10-17)18-7-3-2-4-8-18/h2-4,7-13,15-16,23H,5-6,14H2,1H3. The van der Waals surface area contributed by atoms with Crippen molar-refractivity contribution in [2.24, 2.45) is 0 Å². The summed E-state index contributed by atoms with van der Waals surface area (Å²) in [6, 6.07) is 19.2. The van der Waals surface area contributed by atoms with Crippen molar-refractivity contribution in [2.75, 3.05) is 0 Å². The molecule has 0 aliphatic rings. The molecule has 0 saturated heterocycles. The van der Waals surface area contributed by atoms with Gasteiger partial charge in [-0.2, -0.15) is 0 Å². The molecule has 1 N–H and O–H groups in total. The molecule has 0 amide bonds. The fourth-order valence-electron chi connectivity index (χ4n) is 2.83. The third kappa shape index (κ3) is 3.88. The van der Waals surface area contributed by atoms with Crippen LogP contribution in [0.5, 0.6) is 0 Å². The summed E-state index contributed by atoms with van der Waals surface area (Å²) in [5.41, 5.74) is 3.84. The Morgan fingerprint density at radius 2 is 1.70 bits per heavy atom. The third-order valence-corrected chi connectivity index (χ3v) is 4.05. The molecule has 1 heterocycles. The Bertz CT molecular complexity index is 730. The van der Waals surface area contributed by atoms with Gasteiger partial charge in [-0.15, -0.1) is 0 Å². The summed E-state index contributed by atoms with van der Waals surface area (Å²) in [5.74, 6) is 0.740. The predicted molar refractivity (Wildman–Crippen MR) is 93.1 cm³/mol. The average molecular weight is 306 g/mol.